The van der Waals surface area contributed by atoms with Crippen LogP contribution in [0, 0.1) is 0 Å². The third kappa shape index (κ3) is 7.78. The number of benzene rings is 6. The third-order valence-corrected chi connectivity index (χ3v) is 14.0. The van der Waals surface area contributed by atoms with Crippen molar-refractivity contribution < 1.29 is 23.0 Å². The fourth-order valence-electron chi connectivity index (χ4n) is 5.83. The van der Waals surface area contributed by atoms with Gasteiger partial charge < -0.3 is 0 Å². The Bertz CT molecular complexity index is 1830. The van der Waals surface area contributed by atoms with E-state index >= 15 is 0 Å². The minimum atomic E-state index is -2.12. The Balaban J connectivity index is 1.26. The summed E-state index contributed by atoms with van der Waals surface area (Å²) in [4.78, 5) is 0. The van der Waals surface area contributed by atoms with E-state index in [1.807, 2.05) is 36.7 Å². The molecule has 0 bridgehead atoms. The number of ether oxygens (including phenoxy) is 2. The summed E-state index contributed by atoms with van der Waals surface area (Å²) in [5.74, 6) is 1.51. The maximum atomic E-state index is 6.18. The van der Waals surface area contributed by atoms with E-state index in [1.165, 1.54) is 26.8 Å². The molecule has 0 atom stereocenters. The van der Waals surface area contributed by atoms with Crippen LogP contribution in [0.15, 0.2) is 158 Å². The Hall–Kier alpha value is -3.58. The van der Waals surface area contributed by atoms with E-state index < -0.39 is 20.8 Å². The summed E-state index contributed by atoms with van der Waals surface area (Å²) in [5.41, 5.74) is 4.30. The van der Waals surface area contributed by atoms with Gasteiger partial charge in [-0.2, -0.15) is 0 Å². The van der Waals surface area contributed by atoms with E-state index in [-0.39, 0.29) is 6.10 Å². The fraction of sp³-hybridized carbons (Fsp3) is 0.0976. The number of hydrogen-bond donors (Lipinski definition) is 0. The predicted octanol–water partition coefficient (Wildman–Crippen LogP) is 9.42. The van der Waals surface area contributed by atoms with Crippen molar-refractivity contribution in [2.24, 2.45) is 0 Å². The molecule has 0 radical (unpaired) electrons. The molecule has 0 heterocycles. The average molecular weight is 764 g/mol. The average Bonchev–Trinajstić information content (AvgIpc) is 3.10. The van der Waals surface area contributed by atoms with Crippen molar-refractivity contribution in [3.05, 3.63) is 169 Å². The molecule has 0 aliphatic carbocycles. The van der Waals surface area contributed by atoms with Crippen LogP contribution in [0.25, 0.3) is 11.1 Å². The zero-order valence-corrected chi connectivity index (χ0v) is 30.4. The monoisotopic (exact) mass is 763 g/mol. The second-order valence-corrected chi connectivity index (χ2v) is 20.5. The van der Waals surface area contributed by atoms with Crippen LogP contribution in [0.3, 0.4) is 0 Å². The summed E-state index contributed by atoms with van der Waals surface area (Å²) in [7, 11) is 10.2. The van der Waals surface area contributed by atoms with Crippen molar-refractivity contribution in [2.75, 3.05) is 0 Å². The second kappa shape index (κ2) is 15.5. The van der Waals surface area contributed by atoms with Crippen LogP contribution >= 0.6 is 26.6 Å². The van der Waals surface area contributed by atoms with E-state index in [2.05, 4.69) is 140 Å². The Kier molecular flexibility index (Phi) is 11.0. The second-order valence-electron chi connectivity index (χ2n) is 11.4. The van der Waals surface area contributed by atoms with Crippen LogP contribution in [-0.4, -0.2) is 10.7 Å². The molecule has 0 spiro atoms. The first-order valence-corrected chi connectivity index (χ1v) is 22.7. The molecule has 0 aliphatic rings. The maximum absolute atomic E-state index is 6.18. The van der Waals surface area contributed by atoms with Gasteiger partial charge in [0.2, 0.25) is 0 Å². The topological polar surface area (TPSA) is 18.5 Å². The standard InChI is InChI=1S/C41H36O2P.2ClH.Ru/c1-31(2)43-41-28-25-36(29-32(41)3)42-30-33-19-21-34(22-20-33)35-23-26-40(27-24-35)44(37-13-7-4-8-14-37,38-15-9-5-10-16-38)39-17-11-6-12-18-39;;;/h3-29,31H,30H2,1-2H3;2*1H;/q+1;;;+2/p-2. The number of halogens is 2. The quantitative estimate of drug-likeness (QED) is 0.0968. The third-order valence-electron chi connectivity index (χ3n) is 7.91. The van der Waals surface area contributed by atoms with Gasteiger partial charge in [-0.25, -0.2) is 0 Å². The first-order valence-electron chi connectivity index (χ1n) is 15.5. The zero-order chi connectivity index (χ0) is 32.6. The van der Waals surface area contributed by atoms with Crippen LogP contribution < -0.4 is 30.7 Å². The summed E-state index contributed by atoms with van der Waals surface area (Å²) >= 11 is -2.03. The molecular formula is C41H36Cl2O2PRu+. The summed E-state index contributed by atoms with van der Waals surface area (Å²) in [6, 6.07) is 56.4. The van der Waals surface area contributed by atoms with Gasteiger partial charge in [0.15, 0.2) is 0 Å². The first-order chi connectivity index (χ1) is 22.9. The molecule has 0 saturated heterocycles. The molecule has 6 aromatic carbocycles. The van der Waals surface area contributed by atoms with Crippen molar-refractivity contribution in [1.29, 1.82) is 0 Å². The first kappa shape index (κ1) is 33.3. The van der Waals surface area contributed by atoms with Gasteiger partial charge in [-0.3, -0.25) is 0 Å². The van der Waals surface area contributed by atoms with E-state index in [4.69, 9.17) is 28.9 Å². The van der Waals surface area contributed by atoms with Crippen LogP contribution in [0.1, 0.15) is 25.0 Å². The molecule has 0 amide bonds. The SMILES string of the molecule is CC(C)Oc1ccc(OCc2ccc(-c3ccc([P+](c4ccccc4)(c4ccccc4)c4ccccc4)cc3)cc2)cc1[CH]=[Ru]([Cl])[Cl]. The Morgan fingerprint density at radius 3 is 1.53 bits per heavy atom. The van der Waals surface area contributed by atoms with E-state index in [1.54, 1.807) is 0 Å². The van der Waals surface area contributed by atoms with E-state index in [0.29, 0.717) is 6.61 Å². The molecule has 0 unspecified atom stereocenters. The van der Waals surface area contributed by atoms with Gasteiger partial charge in [0.1, 0.15) is 28.5 Å². The van der Waals surface area contributed by atoms with E-state index in [0.717, 1.165) is 28.2 Å². The van der Waals surface area contributed by atoms with Crippen LogP contribution in [0.2, 0.25) is 0 Å². The Labute approximate surface area is 291 Å². The molecular weight excluding hydrogens is 727 g/mol. The number of hydrogen-bond acceptors (Lipinski definition) is 2. The molecule has 6 rings (SSSR count). The molecule has 6 aromatic rings. The van der Waals surface area contributed by atoms with Gasteiger partial charge in [0.25, 0.3) is 0 Å². The van der Waals surface area contributed by atoms with Crippen molar-refractivity contribution in [3.63, 3.8) is 0 Å². The summed E-state index contributed by atoms with van der Waals surface area (Å²) in [6.45, 7) is 4.44. The fourth-order valence-corrected chi connectivity index (χ4v) is 11.9. The van der Waals surface area contributed by atoms with Crippen LogP contribution in [-0.2, 0) is 20.1 Å². The Morgan fingerprint density at radius 2 is 1.06 bits per heavy atom. The van der Waals surface area contributed by atoms with Crippen molar-refractivity contribution in [3.8, 4) is 22.6 Å². The molecule has 0 aliphatic heterocycles. The normalized spacial score (nSPS) is 11.6. The summed E-state index contributed by atoms with van der Waals surface area (Å²) in [6.07, 6.45) is 0.0516. The van der Waals surface area contributed by atoms with Gasteiger partial charge in [-0.05, 0) is 48.5 Å². The summed E-state index contributed by atoms with van der Waals surface area (Å²) < 4.78 is 14.0. The van der Waals surface area contributed by atoms with Gasteiger partial charge >= 0.3 is 162 Å². The zero-order valence-electron chi connectivity index (χ0n) is 26.2. The molecule has 47 heavy (non-hydrogen) atoms. The molecule has 0 aromatic heterocycles. The summed E-state index contributed by atoms with van der Waals surface area (Å²) in [5, 5.41) is 5.35. The molecule has 6 heteroatoms. The van der Waals surface area contributed by atoms with Crippen molar-refractivity contribution in [1.82, 2.24) is 0 Å². The van der Waals surface area contributed by atoms with Crippen LogP contribution in [0.5, 0.6) is 11.5 Å². The molecule has 2 nitrogen and oxygen atoms in total. The van der Waals surface area contributed by atoms with Gasteiger partial charge in [0.05, 0.1) is 0 Å². The predicted molar refractivity (Wildman–Crippen MR) is 200 cm³/mol. The van der Waals surface area contributed by atoms with E-state index in [9.17, 15) is 0 Å². The molecule has 238 valence electrons. The Morgan fingerprint density at radius 1 is 0.596 bits per heavy atom. The van der Waals surface area contributed by atoms with Gasteiger partial charge in [-0.1, -0.05) is 54.6 Å². The van der Waals surface area contributed by atoms with Crippen molar-refractivity contribution in [2.45, 2.75) is 26.6 Å². The van der Waals surface area contributed by atoms with Crippen LogP contribution in [0.4, 0.5) is 0 Å². The number of rotatable bonds is 11. The molecule has 0 saturated carbocycles. The molecule has 0 fully saturated rings. The minimum absolute atomic E-state index is 0.0516. The van der Waals surface area contributed by atoms with Gasteiger partial charge in [0, 0.05) is 0 Å². The van der Waals surface area contributed by atoms with Gasteiger partial charge in [-0.15, -0.1) is 0 Å². The van der Waals surface area contributed by atoms with Crippen molar-refractivity contribution >= 4 is 52.5 Å². The molecule has 0 N–H and O–H groups in total.